The summed E-state index contributed by atoms with van der Waals surface area (Å²) < 4.78 is 5.54. The minimum Gasteiger partial charge on any atom is -0.492 e. The molecule has 2 rings (SSSR count). The highest BCUT2D eigenvalue weighted by Crippen LogP contribution is 2.15. The summed E-state index contributed by atoms with van der Waals surface area (Å²) in [6, 6.07) is 11.9. The van der Waals surface area contributed by atoms with Gasteiger partial charge in [-0.25, -0.2) is 0 Å². The predicted octanol–water partition coefficient (Wildman–Crippen LogP) is 3.62. The molecule has 94 valence electrons. The summed E-state index contributed by atoms with van der Waals surface area (Å²) in [5.74, 6) is 0.710. The van der Waals surface area contributed by atoms with Crippen LogP contribution in [0.25, 0.3) is 0 Å². The number of para-hydroxylation sites is 1. The molecule has 4 heteroatoms. The third kappa shape index (κ3) is 4.26. The fourth-order valence-electron chi connectivity index (χ4n) is 1.52. The van der Waals surface area contributed by atoms with E-state index in [1.165, 1.54) is 0 Å². The van der Waals surface area contributed by atoms with E-state index >= 15 is 0 Å². The fraction of sp³-hybridized carbons (Fsp3) is 0.214. The average molecular weight is 263 g/mol. The van der Waals surface area contributed by atoms with Gasteiger partial charge in [-0.1, -0.05) is 29.8 Å². The van der Waals surface area contributed by atoms with Crippen LogP contribution in [0.4, 0.5) is 5.69 Å². The highest BCUT2D eigenvalue weighted by atomic mass is 35.5. The lowest BCUT2D eigenvalue weighted by Crippen LogP contribution is -2.07. The molecule has 3 nitrogen and oxygen atoms in total. The normalized spacial score (nSPS) is 10.1. The number of ether oxygens (including phenoxy) is 1. The van der Waals surface area contributed by atoms with E-state index < -0.39 is 0 Å². The minimum absolute atomic E-state index is 0.593. The lowest BCUT2D eigenvalue weighted by atomic mass is 10.3. The average Bonchev–Trinajstić information content (AvgIpc) is 2.40. The largest absolute Gasteiger partial charge is 0.492 e. The molecule has 0 saturated carbocycles. The summed E-state index contributed by atoms with van der Waals surface area (Å²) >= 11 is 5.81. The highest BCUT2D eigenvalue weighted by Gasteiger charge is 1.96. The Morgan fingerprint density at radius 1 is 1.17 bits per heavy atom. The van der Waals surface area contributed by atoms with E-state index in [-0.39, 0.29) is 0 Å². The van der Waals surface area contributed by atoms with E-state index in [1.54, 1.807) is 18.5 Å². The van der Waals surface area contributed by atoms with Gasteiger partial charge in [-0.3, -0.25) is 4.98 Å². The first kappa shape index (κ1) is 12.7. The van der Waals surface area contributed by atoms with E-state index in [0.29, 0.717) is 17.4 Å². The topological polar surface area (TPSA) is 34.1 Å². The first-order chi connectivity index (χ1) is 8.84. The molecule has 1 N–H and O–H groups in total. The molecule has 1 heterocycles. The zero-order valence-corrected chi connectivity index (χ0v) is 10.7. The minimum atomic E-state index is 0.593. The lowest BCUT2D eigenvalue weighted by Gasteiger charge is -2.07. The van der Waals surface area contributed by atoms with Crippen molar-refractivity contribution in [3.8, 4) is 5.75 Å². The smallest absolute Gasteiger partial charge is 0.139 e. The van der Waals surface area contributed by atoms with Crippen LogP contribution in [0.5, 0.6) is 5.75 Å². The molecule has 0 saturated heterocycles. The molecule has 0 amide bonds. The SMILES string of the molecule is Clc1cncc(OCCCNc2ccccc2)c1. The van der Waals surface area contributed by atoms with Crippen molar-refractivity contribution >= 4 is 17.3 Å². The Balaban J connectivity index is 1.65. The van der Waals surface area contributed by atoms with Crippen LogP contribution in [0.2, 0.25) is 5.02 Å². The molecule has 0 aliphatic rings. The molecule has 0 atom stereocenters. The van der Waals surface area contributed by atoms with Crippen molar-refractivity contribution in [3.63, 3.8) is 0 Å². The summed E-state index contributed by atoms with van der Waals surface area (Å²) in [4.78, 5) is 3.96. The van der Waals surface area contributed by atoms with Gasteiger partial charge >= 0.3 is 0 Å². The zero-order chi connectivity index (χ0) is 12.6. The molecule has 0 unspecified atom stereocenters. The van der Waals surface area contributed by atoms with Gasteiger partial charge in [0.25, 0.3) is 0 Å². The van der Waals surface area contributed by atoms with Gasteiger partial charge in [0.05, 0.1) is 17.8 Å². The number of hydrogen-bond acceptors (Lipinski definition) is 3. The van der Waals surface area contributed by atoms with Gasteiger partial charge in [0.2, 0.25) is 0 Å². The third-order valence-corrected chi connectivity index (χ3v) is 2.58. The quantitative estimate of drug-likeness (QED) is 0.808. The summed E-state index contributed by atoms with van der Waals surface area (Å²) in [6.07, 6.45) is 4.17. The number of nitrogens with one attached hydrogen (secondary N) is 1. The number of hydrogen-bond donors (Lipinski definition) is 1. The number of halogens is 1. The van der Waals surface area contributed by atoms with Gasteiger partial charge in [-0.2, -0.15) is 0 Å². The molecule has 0 fully saturated rings. The Kier molecular flexibility index (Phi) is 4.85. The van der Waals surface area contributed by atoms with Crippen LogP contribution in [0, 0.1) is 0 Å². The maximum absolute atomic E-state index is 5.81. The van der Waals surface area contributed by atoms with Crippen LogP contribution in [0.1, 0.15) is 6.42 Å². The maximum atomic E-state index is 5.81. The molecule has 0 spiro atoms. The van der Waals surface area contributed by atoms with Crippen molar-refractivity contribution < 1.29 is 4.74 Å². The van der Waals surface area contributed by atoms with Crippen molar-refractivity contribution in [1.82, 2.24) is 4.98 Å². The summed E-state index contributed by atoms with van der Waals surface area (Å²) in [6.45, 7) is 1.51. The van der Waals surface area contributed by atoms with Gasteiger partial charge in [0.15, 0.2) is 0 Å². The molecular formula is C14H15ClN2O. The monoisotopic (exact) mass is 262 g/mol. The summed E-state index contributed by atoms with van der Waals surface area (Å²) in [7, 11) is 0. The van der Waals surface area contributed by atoms with Crippen molar-refractivity contribution in [2.45, 2.75) is 6.42 Å². The van der Waals surface area contributed by atoms with Gasteiger partial charge < -0.3 is 10.1 Å². The molecule has 0 bridgehead atoms. The first-order valence-corrected chi connectivity index (χ1v) is 6.25. The molecule has 2 aromatic rings. The number of anilines is 1. The second kappa shape index (κ2) is 6.87. The van der Waals surface area contributed by atoms with Crippen LogP contribution in [0.15, 0.2) is 48.8 Å². The number of rotatable bonds is 6. The van der Waals surface area contributed by atoms with E-state index in [9.17, 15) is 0 Å². The van der Waals surface area contributed by atoms with Gasteiger partial charge in [-0.05, 0) is 18.6 Å². The summed E-state index contributed by atoms with van der Waals surface area (Å²) in [5, 5.41) is 3.91. The Morgan fingerprint density at radius 3 is 2.78 bits per heavy atom. The Hall–Kier alpha value is -1.74. The number of pyridine rings is 1. The second-order valence-electron chi connectivity index (χ2n) is 3.83. The van der Waals surface area contributed by atoms with Crippen molar-refractivity contribution in [3.05, 3.63) is 53.8 Å². The Labute approximate surface area is 112 Å². The number of aromatic nitrogens is 1. The molecule has 1 aromatic carbocycles. The fourth-order valence-corrected chi connectivity index (χ4v) is 1.69. The molecular weight excluding hydrogens is 248 g/mol. The van der Waals surface area contributed by atoms with Crippen molar-refractivity contribution in [2.24, 2.45) is 0 Å². The molecule has 0 aliphatic carbocycles. The molecule has 18 heavy (non-hydrogen) atoms. The molecule has 1 aromatic heterocycles. The third-order valence-electron chi connectivity index (χ3n) is 2.37. The van der Waals surface area contributed by atoms with Crippen LogP contribution in [-0.2, 0) is 0 Å². The van der Waals surface area contributed by atoms with E-state index in [2.05, 4.69) is 10.3 Å². The van der Waals surface area contributed by atoms with Crippen molar-refractivity contribution in [1.29, 1.82) is 0 Å². The van der Waals surface area contributed by atoms with Crippen LogP contribution in [-0.4, -0.2) is 18.1 Å². The highest BCUT2D eigenvalue weighted by molar-refractivity contribution is 6.30. The van der Waals surface area contributed by atoms with Gasteiger partial charge in [-0.15, -0.1) is 0 Å². The first-order valence-electron chi connectivity index (χ1n) is 5.87. The van der Waals surface area contributed by atoms with E-state index in [1.807, 2.05) is 30.3 Å². The van der Waals surface area contributed by atoms with E-state index in [0.717, 1.165) is 18.7 Å². The second-order valence-corrected chi connectivity index (χ2v) is 4.27. The number of nitrogens with zero attached hydrogens (tertiary/aromatic N) is 1. The zero-order valence-electron chi connectivity index (χ0n) is 9.97. The van der Waals surface area contributed by atoms with Crippen LogP contribution in [0.3, 0.4) is 0 Å². The van der Waals surface area contributed by atoms with Crippen molar-refractivity contribution in [2.75, 3.05) is 18.5 Å². The standard InChI is InChI=1S/C14H15ClN2O/c15-12-9-14(11-16-10-12)18-8-4-7-17-13-5-2-1-3-6-13/h1-3,5-6,9-11,17H,4,7-8H2. The van der Waals surface area contributed by atoms with Crippen LogP contribution < -0.4 is 10.1 Å². The molecule has 0 radical (unpaired) electrons. The van der Waals surface area contributed by atoms with E-state index in [4.69, 9.17) is 16.3 Å². The Bertz CT molecular complexity index is 476. The lowest BCUT2D eigenvalue weighted by molar-refractivity contribution is 0.314. The van der Waals surface area contributed by atoms with Gasteiger partial charge in [0, 0.05) is 24.5 Å². The summed E-state index contributed by atoms with van der Waals surface area (Å²) in [5.41, 5.74) is 1.13. The Morgan fingerprint density at radius 2 is 2.00 bits per heavy atom. The predicted molar refractivity (Wildman–Crippen MR) is 74.3 cm³/mol. The number of benzene rings is 1. The van der Waals surface area contributed by atoms with Gasteiger partial charge in [0.1, 0.15) is 5.75 Å². The maximum Gasteiger partial charge on any atom is 0.139 e. The molecule has 0 aliphatic heterocycles. The van der Waals surface area contributed by atoms with Crippen LogP contribution >= 0.6 is 11.6 Å².